The van der Waals surface area contributed by atoms with Gasteiger partial charge < -0.3 is 10.2 Å². The Morgan fingerprint density at radius 1 is 1.32 bits per heavy atom. The third-order valence-corrected chi connectivity index (χ3v) is 4.55. The van der Waals surface area contributed by atoms with E-state index >= 15 is 0 Å². The highest BCUT2D eigenvalue weighted by Gasteiger charge is 2.23. The van der Waals surface area contributed by atoms with E-state index in [-0.39, 0.29) is 0 Å². The van der Waals surface area contributed by atoms with Crippen LogP contribution in [0.2, 0.25) is 0 Å². The number of hydrogen-bond donors (Lipinski definition) is 1. The molecule has 0 amide bonds. The Morgan fingerprint density at radius 2 is 2.00 bits per heavy atom. The van der Waals surface area contributed by atoms with Crippen LogP contribution in [0, 0.1) is 6.92 Å². The minimum atomic E-state index is 0.684. The van der Waals surface area contributed by atoms with Crippen LogP contribution in [0.15, 0.2) is 12.1 Å². The van der Waals surface area contributed by atoms with E-state index in [0.717, 1.165) is 37.7 Å². The summed E-state index contributed by atoms with van der Waals surface area (Å²) in [4.78, 5) is 7.16. The Bertz CT molecular complexity index is 412. The molecule has 1 N–H and O–H groups in total. The molecule has 1 aromatic rings. The quantitative estimate of drug-likeness (QED) is 0.917. The molecule has 106 valence electrons. The largest absolute Gasteiger partial charge is 0.354 e. The fourth-order valence-corrected chi connectivity index (χ4v) is 3.94. The molecule has 0 saturated carbocycles. The van der Waals surface area contributed by atoms with Crippen molar-refractivity contribution in [2.24, 2.45) is 0 Å². The summed E-state index contributed by atoms with van der Waals surface area (Å²) in [6.45, 7) is 13.0. The molecule has 2 unspecified atom stereocenters. The summed E-state index contributed by atoms with van der Waals surface area (Å²) < 4.78 is 0. The van der Waals surface area contributed by atoms with Crippen molar-refractivity contribution >= 4 is 17.6 Å². The van der Waals surface area contributed by atoms with Gasteiger partial charge in [-0.15, -0.1) is 0 Å². The zero-order valence-corrected chi connectivity index (χ0v) is 13.3. The van der Waals surface area contributed by atoms with Gasteiger partial charge in [0.2, 0.25) is 0 Å². The van der Waals surface area contributed by atoms with Crippen LogP contribution in [0.5, 0.6) is 0 Å². The predicted molar refractivity (Wildman–Crippen MR) is 85.1 cm³/mol. The van der Waals surface area contributed by atoms with Gasteiger partial charge in [0, 0.05) is 35.8 Å². The zero-order chi connectivity index (χ0) is 13.8. The number of nitrogens with one attached hydrogen (secondary N) is 1. The first-order valence-electron chi connectivity index (χ1n) is 7.17. The fraction of sp³-hybridized carbons (Fsp3) is 0.667. The highest BCUT2D eigenvalue weighted by atomic mass is 32.2. The average molecular weight is 279 g/mol. The van der Waals surface area contributed by atoms with Crippen LogP contribution in [0.4, 0.5) is 5.82 Å². The first kappa shape index (κ1) is 14.7. The van der Waals surface area contributed by atoms with E-state index in [2.05, 4.69) is 61.8 Å². The highest BCUT2D eigenvalue weighted by molar-refractivity contribution is 8.00. The number of aromatic nitrogens is 1. The normalized spacial score (nSPS) is 23.7. The molecule has 2 rings (SSSR count). The van der Waals surface area contributed by atoms with Gasteiger partial charge in [-0.2, -0.15) is 11.8 Å². The molecule has 0 aliphatic carbocycles. The van der Waals surface area contributed by atoms with Gasteiger partial charge in [-0.05, 0) is 31.2 Å². The third kappa shape index (κ3) is 4.11. The summed E-state index contributed by atoms with van der Waals surface area (Å²) in [5.41, 5.74) is 2.45. The van der Waals surface area contributed by atoms with E-state index < -0.39 is 0 Å². The Labute approximate surface area is 121 Å². The third-order valence-electron chi connectivity index (χ3n) is 3.32. The summed E-state index contributed by atoms with van der Waals surface area (Å²) in [7, 11) is 0. The summed E-state index contributed by atoms with van der Waals surface area (Å²) >= 11 is 2.08. The number of pyridine rings is 1. The second-order valence-corrected chi connectivity index (χ2v) is 7.30. The van der Waals surface area contributed by atoms with Crippen LogP contribution in [-0.4, -0.2) is 35.1 Å². The average Bonchev–Trinajstić information content (AvgIpc) is 2.34. The summed E-state index contributed by atoms with van der Waals surface area (Å²) in [6.07, 6.45) is 0. The van der Waals surface area contributed by atoms with Crippen molar-refractivity contribution < 1.29 is 0 Å². The predicted octanol–water partition coefficient (Wildman–Crippen LogP) is 2.83. The monoisotopic (exact) mass is 279 g/mol. The maximum absolute atomic E-state index is 4.72. The Hall–Kier alpha value is -0.740. The second-order valence-electron chi connectivity index (χ2n) is 5.42. The first-order valence-corrected chi connectivity index (χ1v) is 8.11. The minimum Gasteiger partial charge on any atom is -0.354 e. The summed E-state index contributed by atoms with van der Waals surface area (Å²) in [5, 5.41) is 4.76. The van der Waals surface area contributed by atoms with Crippen LogP contribution in [-0.2, 0) is 6.54 Å². The van der Waals surface area contributed by atoms with Crippen LogP contribution in [0.3, 0.4) is 0 Å². The maximum atomic E-state index is 4.72. The number of aryl methyl sites for hydroxylation is 1. The lowest BCUT2D eigenvalue weighted by Gasteiger charge is -2.35. The van der Waals surface area contributed by atoms with Gasteiger partial charge in [0.15, 0.2) is 0 Å². The standard InChI is InChI=1S/C15H25N3S/c1-5-16-8-14-6-11(2)17-15(7-14)18-9-12(3)19-13(4)10-18/h6-7,12-13,16H,5,8-10H2,1-4H3. The van der Waals surface area contributed by atoms with E-state index in [0.29, 0.717) is 10.5 Å². The summed E-state index contributed by atoms with van der Waals surface area (Å²) in [5.74, 6) is 1.15. The zero-order valence-electron chi connectivity index (χ0n) is 12.4. The number of hydrogen-bond acceptors (Lipinski definition) is 4. The lowest BCUT2D eigenvalue weighted by molar-refractivity contribution is 0.707. The molecule has 0 bridgehead atoms. The van der Waals surface area contributed by atoms with Gasteiger partial charge in [0.05, 0.1) is 0 Å². The van der Waals surface area contributed by atoms with Gasteiger partial charge in [0.25, 0.3) is 0 Å². The molecular formula is C15H25N3S. The first-order chi connectivity index (χ1) is 9.08. The topological polar surface area (TPSA) is 28.2 Å². The molecule has 1 fully saturated rings. The van der Waals surface area contributed by atoms with Crippen molar-refractivity contribution in [3.05, 3.63) is 23.4 Å². The smallest absolute Gasteiger partial charge is 0.129 e. The van der Waals surface area contributed by atoms with Crippen molar-refractivity contribution in [1.29, 1.82) is 0 Å². The number of nitrogens with zero attached hydrogens (tertiary/aromatic N) is 2. The summed E-state index contributed by atoms with van der Waals surface area (Å²) in [6, 6.07) is 4.42. The second kappa shape index (κ2) is 6.62. The molecule has 0 radical (unpaired) electrons. The molecule has 0 spiro atoms. The molecule has 4 heteroatoms. The molecule has 2 heterocycles. The molecule has 1 aliphatic heterocycles. The molecular weight excluding hydrogens is 254 g/mol. The van der Waals surface area contributed by atoms with Crippen molar-refractivity contribution in [3.8, 4) is 0 Å². The van der Waals surface area contributed by atoms with Crippen molar-refractivity contribution in [2.75, 3.05) is 24.5 Å². The fourth-order valence-electron chi connectivity index (χ4n) is 2.62. The Morgan fingerprint density at radius 3 is 2.63 bits per heavy atom. The molecule has 1 saturated heterocycles. The Kier molecular flexibility index (Phi) is 5.11. The molecule has 1 aromatic heterocycles. The van der Waals surface area contributed by atoms with Crippen LogP contribution in [0.1, 0.15) is 32.0 Å². The lowest BCUT2D eigenvalue weighted by atomic mass is 10.2. The Balaban J connectivity index is 2.16. The van der Waals surface area contributed by atoms with Gasteiger partial charge >= 0.3 is 0 Å². The molecule has 3 nitrogen and oxygen atoms in total. The van der Waals surface area contributed by atoms with Gasteiger partial charge in [-0.1, -0.05) is 20.8 Å². The van der Waals surface area contributed by atoms with Crippen molar-refractivity contribution in [3.63, 3.8) is 0 Å². The van der Waals surface area contributed by atoms with Crippen molar-refractivity contribution in [2.45, 2.75) is 44.7 Å². The lowest BCUT2D eigenvalue weighted by Crippen LogP contribution is -2.41. The van der Waals surface area contributed by atoms with E-state index in [1.807, 2.05) is 0 Å². The maximum Gasteiger partial charge on any atom is 0.129 e. The van der Waals surface area contributed by atoms with E-state index in [4.69, 9.17) is 4.98 Å². The van der Waals surface area contributed by atoms with E-state index in [1.54, 1.807) is 0 Å². The van der Waals surface area contributed by atoms with E-state index in [9.17, 15) is 0 Å². The van der Waals surface area contributed by atoms with Crippen molar-refractivity contribution in [1.82, 2.24) is 10.3 Å². The molecule has 2 atom stereocenters. The molecule has 1 aliphatic rings. The van der Waals surface area contributed by atoms with Gasteiger partial charge in [0.1, 0.15) is 5.82 Å². The molecule has 0 aromatic carbocycles. The SMILES string of the molecule is CCNCc1cc(C)nc(N2CC(C)SC(C)C2)c1. The van der Waals surface area contributed by atoms with Crippen LogP contribution >= 0.6 is 11.8 Å². The van der Waals surface area contributed by atoms with Gasteiger partial charge in [-0.3, -0.25) is 0 Å². The highest BCUT2D eigenvalue weighted by Crippen LogP contribution is 2.28. The molecule has 19 heavy (non-hydrogen) atoms. The minimum absolute atomic E-state index is 0.684. The van der Waals surface area contributed by atoms with Gasteiger partial charge in [-0.25, -0.2) is 4.98 Å². The number of thioether (sulfide) groups is 1. The van der Waals surface area contributed by atoms with E-state index in [1.165, 1.54) is 5.56 Å². The van der Waals surface area contributed by atoms with Crippen LogP contribution < -0.4 is 10.2 Å². The number of rotatable bonds is 4. The number of anilines is 1. The van der Waals surface area contributed by atoms with Crippen LogP contribution in [0.25, 0.3) is 0 Å².